The van der Waals surface area contributed by atoms with E-state index in [0.717, 1.165) is 19.3 Å². The number of allylic oxidation sites excluding steroid dienone is 3. The highest BCUT2D eigenvalue weighted by Gasteiger charge is 1.98. The summed E-state index contributed by atoms with van der Waals surface area (Å²) >= 11 is 0. The van der Waals surface area contributed by atoms with Crippen LogP contribution in [0.25, 0.3) is 0 Å². The van der Waals surface area contributed by atoms with Crippen LogP contribution < -0.4 is 0 Å². The fourth-order valence-electron chi connectivity index (χ4n) is 3.75. The summed E-state index contributed by atoms with van der Waals surface area (Å²) in [4.78, 5) is 0. The number of unbranched alkanes of at least 4 members (excludes halogenated alkanes) is 15. The molecule has 0 heterocycles. The fraction of sp³-hybridized carbons (Fsp3) is 0.636. The van der Waals surface area contributed by atoms with Crippen LogP contribution in [0.3, 0.4) is 0 Å². The number of hydrogen-bond acceptors (Lipinski definition) is 3. The van der Waals surface area contributed by atoms with E-state index in [2.05, 4.69) is 53.6 Å². The smallest absolute Gasteiger partial charge is 0.133 e. The Morgan fingerprint density at radius 2 is 1.06 bits per heavy atom. The van der Waals surface area contributed by atoms with Gasteiger partial charge < -0.3 is 15.3 Å². The Morgan fingerprint density at radius 1 is 0.583 bits per heavy atom. The van der Waals surface area contributed by atoms with E-state index in [1.54, 1.807) is 6.08 Å². The number of aliphatic hydroxyl groups excluding tert-OH is 3. The van der Waals surface area contributed by atoms with E-state index in [-0.39, 0.29) is 6.61 Å². The van der Waals surface area contributed by atoms with E-state index in [1.807, 2.05) is 6.08 Å². The van der Waals surface area contributed by atoms with Crippen molar-refractivity contribution < 1.29 is 15.3 Å². The van der Waals surface area contributed by atoms with Crippen LogP contribution in [-0.2, 0) is 0 Å². The molecule has 0 aliphatic carbocycles. The van der Waals surface area contributed by atoms with E-state index < -0.39 is 12.2 Å². The molecule has 2 atom stereocenters. The summed E-state index contributed by atoms with van der Waals surface area (Å²) in [6, 6.07) is 0. The van der Waals surface area contributed by atoms with Crippen molar-refractivity contribution in [2.45, 2.75) is 128 Å². The molecule has 0 saturated heterocycles. The van der Waals surface area contributed by atoms with Gasteiger partial charge in [0.2, 0.25) is 0 Å². The molecule has 3 heteroatoms. The topological polar surface area (TPSA) is 60.7 Å². The molecule has 3 N–H and O–H groups in total. The lowest BCUT2D eigenvalue weighted by atomic mass is 10.1. The molecule has 0 radical (unpaired) electrons. The summed E-state index contributed by atoms with van der Waals surface area (Å²) in [7, 11) is 0. The average molecular weight is 493 g/mol. The summed E-state index contributed by atoms with van der Waals surface area (Å²) in [5.74, 6) is 17.5. The van der Waals surface area contributed by atoms with Gasteiger partial charge in [-0.15, -0.1) is 6.42 Å². The largest absolute Gasteiger partial charge is 0.384 e. The monoisotopic (exact) mass is 492 g/mol. The first-order chi connectivity index (χ1) is 17.7. The van der Waals surface area contributed by atoms with Gasteiger partial charge in [-0.05, 0) is 81.1 Å². The van der Waals surface area contributed by atoms with Crippen LogP contribution in [0, 0.1) is 47.9 Å². The number of hydrogen-bond donors (Lipinski definition) is 3. The molecule has 0 rings (SSSR count). The summed E-state index contributed by atoms with van der Waals surface area (Å²) in [5, 5.41) is 27.5. The standard InChI is InChI=1S/C33H48O3/c1-2-32(35)28-24-20-17-15-13-11-9-7-5-3-4-6-8-10-12-14-16-18-21-25-29-33(36)30-26-22-19-23-27-31-34/h1,6,8,24,28,32-36H,3-5,7,9-18,20-21,25,29,31H2. The molecule has 0 aromatic heterocycles. The minimum atomic E-state index is -0.729. The van der Waals surface area contributed by atoms with Gasteiger partial charge in [-0.2, -0.15) is 0 Å². The lowest BCUT2D eigenvalue weighted by Gasteiger charge is -2.03. The molecule has 0 bridgehead atoms. The van der Waals surface area contributed by atoms with Crippen molar-refractivity contribution in [2.75, 3.05) is 6.61 Å². The first-order valence-electron chi connectivity index (χ1n) is 13.9. The second-order valence-electron chi connectivity index (χ2n) is 9.11. The third-order valence-corrected chi connectivity index (χ3v) is 5.84. The Kier molecular flexibility index (Phi) is 26.9. The van der Waals surface area contributed by atoms with Crippen LogP contribution in [0.5, 0.6) is 0 Å². The van der Waals surface area contributed by atoms with Gasteiger partial charge in [-0.1, -0.05) is 100 Å². The average Bonchev–Trinajstić information content (AvgIpc) is 2.88. The normalized spacial score (nSPS) is 12.2. The second kappa shape index (κ2) is 28.8. The van der Waals surface area contributed by atoms with Crippen LogP contribution in [0.4, 0.5) is 0 Å². The molecule has 0 aromatic rings. The molecule has 0 saturated carbocycles. The molecule has 0 aliphatic heterocycles. The molecule has 0 aliphatic rings. The van der Waals surface area contributed by atoms with E-state index >= 15 is 0 Å². The fourth-order valence-corrected chi connectivity index (χ4v) is 3.75. The van der Waals surface area contributed by atoms with Crippen molar-refractivity contribution in [3.05, 3.63) is 24.3 Å². The first-order valence-corrected chi connectivity index (χ1v) is 13.9. The highest BCUT2D eigenvalue weighted by atomic mass is 16.3. The van der Waals surface area contributed by atoms with Crippen LogP contribution in [0.2, 0.25) is 0 Å². The molecule has 36 heavy (non-hydrogen) atoms. The molecule has 0 amide bonds. The maximum absolute atomic E-state index is 9.79. The maximum Gasteiger partial charge on any atom is 0.133 e. The highest BCUT2D eigenvalue weighted by molar-refractivity contribution is 5.36. The zero-order valence-electron chi connectivity index (χ0n) is 22.3. The van der Waals surface area contributed by atoms with Crippen LogP contribution in [-0.4, -0.2) is 34.1 Å². The Hall–Kier alpha value is -2.40. The van der Waals surface area contributed by atoms with Crippen molar-refractivity contribution in [3.63, 3.8) is 0 Å². The molecule has 198 valence electrons. The second-order valence-corrected chi connectivity index (χ2v) is 9.11. The minimum absolute atomic E-state index is 0.202. The lowest BCUT2D eigenvalue weighted by molar-refractivity contribution is 0.217. The van der Waals surface area contributed by atoms with Crippen LogP contribution in [0.15, 0.2) is 24.3 Å². The van der Waals surface area contributed by atoms with Crippen LogP contribution >= 0.6 is 0 Å². The molecular formula is C33H48O3. The third-order valence-electron chi connectivity index (χ3n) is 5.84. The molecule has 0 aromatic carbocycles. The first kappa shape index (κ1) is 33.6. The van der Waals surface area contributed by atoms with Crippen molar-refractivity contribution in [2.24, 2.45) is 0 Å². The Labute approximate surface area is 221 Å². The van der Waals surface area contributed by atoms with Gasteiger partial charge in [0.25, 0.3) is 0 Å². The Morgan fingerprint density at radius 3 is 1.58 bits per heavy atom. The third kappa shape index (κ3) is 27.8. The predicted octanol–water partition coefficient (Wildman–Crippen LogP) is 6.48. The van der Waals surface area contributed by atoms with Gasteiger partial charge in [-0.25, -0.2) is 0 Å². The summed E-state index contributed by atoms with van der Waals surface area (Å²) in [6.07, 6.45) is 33.8. The van der Waals surface area contributed by atoms with E-state index in [1.165, 1.54) is 89.9 Å². The van der Waals surface area contributed by atoms with E-state index in [0.29, 0.717) is 6.42 Å². The van der Waals surface area contributed by atoms with Crippen molar-refractivity contribution >= 4 is 0 Å². The Bertz CT molecular complexity index is 782. The van der Waals surface area contributed by atoms with Crippen LogP contribution in [0.1, 0.15) is 116 Å². The number of terminal acetylenes is 1. The van der Waals surface area contributed by atoms with E-state index in [4.69, 9.17) is 11.5 Å². The van der Waals surface area contributed by atoms with Gasteiger partial charge in [0, 0.05) is 0 Å². The van der Waals surface area contributed by atoms with Gasteiger partial charge in [0.1, 0.15) is 18.8 Å². The zero-order valence-corrected chi connectivity index (χ0v) is 22.3. The van der Waals surface area contributed by atoms with Gasteiger partial charge in [0.15, 0.2) is 0 Å². The Balaban J connectivity index is 3.34. The maximum atomic E-state index is 9.79. The number of aliphatic hydroxyl groups is 3. The summed E-state index contributed by atoms with van der Waals surface area (Å²) < 4.78 is 0. The SMILES string of the molecule is C#CC(O)C=CCCCCCCCCCCC=CCCCCCCCCC(O)C#CC#CC#CCO. The van der Waals surface area contributed by atoms with Gasteiger partial charge >= 0.3 is 0 Å². The lowest BCUT2D eigenvalue weighted by Crippen LogP contribution is -2.01. The molecule has 0 fully saturated rings. The quantitative estimate of drug-likeness (QED) is 0.0976. The zero-order chi connectivity index (χ0) is 26.4. The summed E-state index contributed by atoms with van der Waals surface area (Å²) in [5.41, 5.74) is 0. The van der Waals surface area contributed by atoms with Crippen molar-refractivity contribution in [1.29, 1.82) is 0 Å². The predicted molar refractivity (Wildman–Crippen MR) is 153 cm³/mol. The van der Waals surface area contributed by atoms with Gasteiger partial charge in [0.05, 0.1) is 0 Å². The summed E-state index contributed by atoms with van der Waals surface area (Å²) in [6.45, 7) is -0.202. The minimum Gasteiger partial charge on any atom is -0.384 e. The highest BCUT2D eigenvalue weighted by Crippen LogP contribution is 2.12. The van der Waals surface area contributed by atoms with E-state index in [9.17, 15) is 10.2 Å². The molecule has 3 nitrogen and oxygen atoms in total. The van der Waals surface area contributed by atoms with Crippen molar-refractivity contribution in [3.8, 4) is 47.9 Å². The van der Waals surface area contributed by atoms with Gasteiger partial charge in [-0.3, -0.25) is 0 Å². The molecular weight excluding hydrogens is 444 g/mol. The molecule has 2 unspecified atom stereocenters. The molecule has 0 spiro atoms. The number of rotatable bonds is 21. The van der Waals surface area contributed by atoms with Crippen molar-refractivity contribution in [1.82, 2.24) is 0 Å².